The van der Waals surface area contributed by atoms with Crippen LogP contribution in [0.2, 0.25) is 0 Å². The van der Waals surface area contributed by atoms with Gasteiger partial charge in [-0.1, -0.05) is 59.8 Å². The molecular weight excluding hydrogens is 204 g/mol. The molecule has 0 aliphatic heterocycles. The Morgan fingerprint density at radius 2 is 0.824 bits per heavy atom. The van der Waals surface area contributed by atoms with Gasteiger partial charge in [-0.2, -0.15) is 0 Å². The quantitative estimate of drug-likeness (QED) is 0.521. The Balaban J connectivity index is 0.000000437. The number of hydrogen-bond donors (Lipinski definition) is 0. The highest BCUT2D eigenvalue weighted by molar-refractivity contribution is 4.80. The van der Waals surface area contributed by atoms with Gasteiger partial charge < -0.3 is 0 Å². The van der Waals surface area contributed by atoms with Crippen molar-refractivity contribution in [3.63, 3.8) is 0 Å². The average molecular weight is 238 g/mol. The van der Waals surface area contributed by atoms with Gasteiger partial charge >= 0.3 is 0 Å². The molecule has 0 radical (unpaired) electrons. The van der Waals surface area contributed by atoms with Gasteiger partial charge in [0.1, 0.15) is 0 Å². The molecule has 102 valence electrons. The fourth-order valence-electron chi connectivity index (χ4n) is 3.51. The third-order valence-electron chi connectivity index (χ3n) is 4.79. The van der Waals surface area contributed by atoms with Crippen molar-refractivity contribution in [3.05, 3.63) is 0 Å². The van der Waals surface area contributed by atoms with Gasteiger partial charge in [0.25, 0.3) is 0 Å². The highest BCUT2D eigenvalue weighted by Gasteiger charge is 2.28. The molecule has 17 heavy (non-hydrogen) atoms. The molecular formula is C17H34. The molecule has 0 unspecified atom stereocenters. The summed E-state index contributed by atoms with van der Waals surface area (Å²) >= 11 is 0. The molecule has 0 N–H and O–H groups in total. The summed E-state index contributed by atoms with van der Waals surface area (Å²) in [7, 11) is 0. The lowest BCUT2D eigenvalue weighted by Crippen LogP contribution is -2.24. The zero-order valence-corrected chi connectivity index (χ0v) is 12.7. The summed E-state index contributed by atoms with van der Waals surface area (Å²) in [4.78, 5) is 0. The highest BCUT2D eigenvalue weighted by Crippen LogP contribution is 2.40. The zero-order chi connectivity index (χ0) is 12.7. The van der Waals surface area contributed by atoms with E-state index in [0.29, 0.717) is 0 Å². The van der Waals surface area contributed by atoms with Gasteiger partial charge in [0.15, 0.2) is 0 Å². The van der Waals surface area contributed by atoms with Gasteiger partial charge in [0.2, 0.25) is 0 Å². The van der Waals surface area contributed by atoms with Crippen LogP contribution in [-0.4, -0.2) is 0 Å². The lowest BCUT2D eigenvalue weighted by molar-refractivity contribution is 0.155. The summed E-state index contributed by atoms with van der Waals surface area (Å²) < 4.78 is 0. The van der Waals surface area contributed by atoms with Crippen molar-refractivity contribution in [2.75, 3.05) is 0 Å². The summed E-state index contributed by atoms with van der Waals surface area (Å²) in [5.74, 6) is 4.26. The van der Waals surface area contributed by atoms with Crippen LogP contribution in [0.4, 0.5) is 0 Å². The maximum Gasteiger partial charge on any atom is -0.0386 e. The maximum atomic E-state index is 2.43. The number of rotatable bonds is 1. The summed E-state index contributed by atoms with van der Waals surface area (Å²) in [6, 6.07) is 0. The first kappa shape index (κ1) is 15.1. The smallest absolute Gasteiger partial charge is 0.0386 e. The third kappa shape index (κ3) is 5.44. The van der Waals surface area contributed by atoms with E-state index < -0.39 is 0 Å². The predicted molar refractivity (Wildman–Crippen MR) is 78.2 cm³/mol. The minimum Gasteiger partial charge on any atom is -0.0656 e. The van der Waals surface area contributed by atoms with Crippen LogP contribution in [-0.2, 0) is 0 Å². The molecule has 0 aromatic rings. The molecule has 0 bridgehead atoms. The maximum absolute atomic E-state index is 2.43. The summed E-state index contributed by atoms with van der Waals surface area (Å²) in [6.07, 6.45) is 13.5. The molecule has 2 aliphatic rings. The van der Waals surface area contributed by atoms with Gasteiger partial charge in [-0.3, -0.25) is 0 Å². The largest absolute Gasteiger partial charge is 0.0656 e. The Morgan fingerprint density at radius 1 is 0.588 bits per heavy atom. The first-order valence-electron chi connectivity index (χ1n) is 8.17. The third-order valence-corrected chi connectivity index (χ3v) is 4.79. The van der Waals surface area contributed by atoms with Crippen LogP contribution in [0.3, 0.4) is 0 Å². The van der Waals surface area contributed by atoms with Crippen molar-refractivity contribution >= 4 is 0 Å². The van der Waals surface area contributed by atoms with Gasteiger partial charge in [-0.05, 0) is 49.4 Å². The Kier molecular flexibility index (Phi) is 7.23. The molecule has 0 amide bonds. The minimum absolute atomic E-state index is 1.02. The van der Waals surface area contributed by atoms with Crippen molar-refractivity contribution in [2.24, 2.45) is 23.7 Å². The molecule has 0 heteroatoms. The Labute approximate surface area is 110 Å². The average Bonchev–Trinajstić information content (AvgIpc) is 2.32. The zero-order valence-electron chi connectivity index (χ0n) is 12.7. The van der Waals surface area contributed by atoms with E-state index in [9.17, 15) is 0 Å². The lowest BCUT2D eigenvalue weighted by atomic mass is 9.70. The number of hydrogen-bond acceptors (Lipinski definition) is 0. The van der Waals surface area contributed by atoms with Crippen LogP contribution in [0, 0.1) is 23.7 Å². The Morgan fingerprint density at radius 3 is 1.06 bits per heavy atom. The normalized spacial score (nSPS) is 38.1. The van der Waals surface area contributed by atoms with E-state index in [1.54, 1.807) is 25.7 Å². The molecule has 0 aromatic carbocycles. The molecule has 0 aromatic heterocycles. The van der Waals surface area contributed by atoms with Crippen LogP contribution < -0.4 is 0 Å². The molecule has 2 rings (SSSR count). The summed E-state index contributed by atoms with van der Waals surface area (Å²) in [6.45, 7) is 9.11. The molecule has 0 atom stereocenters. The Bertz CT molecular complexity index is 148. The van der Waals surface area contributed by atoms with E-state index in [-0.39, 0.29) is 0 Å². The minimum atomic E-state index is 1.02. The SMILES string of the molecule is CC1CCC(C2CCC(C)CC2)CC1.CCC. The van der Waals surface area contributed by atoms with E-state index in [2.05, 4.69) is 27.7 Å². The molecule has 0 heterocycles. The standard InChI is InChI=1S/C14H26.C3H8/c1-11-3-7-13(8-4-11)14-9-5-12(2)6-10-14;1-3-2/h11-14H,3-10H2,1-2H3;3H2,1-2H3. The molecule has 2 aliphatic carbocycles. The van der Waals surface area contributed by atoms with Crippen LogP contribution in [0.5, 0.6) is 0 Å². The topological polar surface area (TPSA) is 0 Å². The first-order valence-corrected chi connectivity index (χ1v) is 8.17. The van der Waals surface area contributed by atoms with Crippen LogP contribution in [0.25, 0.3) is 0 Å². The lowest BCUT2D eigenvalue weighted by Gasteiger charge is -2.36. The highest BCUT2D eigenvalue weighted by atomic mass is 14.3. The van der Waals surface area contributed by atoms with E-state index in [1.807, 2.05) is 0 Å². The second-order valence-corrected chi connectivity index (χ2v) is 6.75. The van der Waals surface area contributed by atoms with E-state index in [0.717, 1.165) is 23.7 Å². The van der Waals surface area contributed by atoms with Crippen LogP contribution in [0.1, 0.15) is 85.5 Å². The monoisotopic (exact) mass is 238 g/mol. The first-order chi connectivity index (χ1) is 8.17. The fraction of sp³-hybridized carbons (Fsp3) is 1.00. The predicted octanol–water partition coefficient (Wildman–Crippen LogP) is 6.06. The molecule has 2 saturated carbocycles. The van der Waals surface area contributed by atoms with Crippen molar-refractivity contribution in [3.8, 4) is 0 Å². The summed E-state index contributed by atoms with van der Waals surface area (Å²) in [5, 5.41) is 0. The van der Waals surface area contributed by atoms with Gasteiger partial charge in [-0.15, -0.1) is 0 Å². The van der Waals surface area contributed by atoms with Crippen molar-refractivity contribution in [2.45, 2.75) is 85.5 Å². The van der Waals surface area contributed by atoms with Gasteiger partial charge in [0.05, 0.1) is 0 Å². The fourth-order valence-corrected chi connectivity index (χ4v) is 3.51. The van der Waals surface area contributed by atoms with Crippen molar-refractivity contribution in [1.29, 1.82) is 0 Å². The summed E-state index contributed by atoms with van der Waals surface area (Å²) in [5.41, 5.74) is 0. The Hall–Kier alpha value is 0. The van der Waals surface area contributed by atoms with Crippen molar-refractivity contribution < 1.29 is 0 Å². The van der Waals surface area contributed by atoms with Crippen LogP contribution in [0.15, 0.2) is 0 Å². The van der Waals surface area contributed by atoms with Gasteiger partial charge in [0, 0.05) is 0 Å². The van der Waals surface area contributed by atoms with E-state index >= 15 is 0 Å². The van der Waals surface area contributed by atoms with E-state index in [1.165, 1.54) is 32.1 Å². The molecule has 0 nitrogen and oxygen atoms in total. The van der Waals surface area contributed by atoms with Crippen molar-refractivity contribution in [1.82, 2.24) is 0 Å². The second kappa shape index (κ2) is 8.16. The van der Waals surface area contributed by atoms with Gasteiger partial charge in [-0.25, -0.2) is 0 Å². The van der Waals surface area contributed by atoms with Crippen LogP contribution >= 0.6 is 0 Å². The molecule has 2 fully saturated rings. The second-order valence-electron chi connectivity index (χ2n) is 6.75. The molecule has 0 saturated heterocycles. The molecule has 0 spiro atoms. The van der Waals surface area contributed by atoms with E-state index in [4.69, 9.17) is 0 Å².